The molecule has 0 spiro atoms. The Morgan fingerprint density at radius 2 is 1.88 bits per heavy atom. The Morgan fingerprint density at radius 3 is 2.56 bits per heavy atom. The van der Waals surface area contributed by atoms with Gasteiger partial charge in [-0.15, -0.1) is 0 Å². The maximum atomic E-state index is 11.6. The first kappa shape index (κ1) is 15.3. The van der Waals surface area contributed by atoms with Gasteiger partial charge in [0.05, 0.1) is 11.0 Å². The summed E-state index contributed by atoms with van der Waals surface area (Å²) in [6, 6.07) is 12.9. The molecule has 0 saturated heterocycles. The Labute approximate surface area is 142 Å². The molecule has 1 aromatic heterocycles. The summed E-state index contributed by atoms with van der Waals surface area (Å²) in [5, 5.41) is 24.5. The standard InChI is InChI=1S/C18H15N3O4/c22-18(23)15-9-13-12-3-1-2-4-14(12)19-17(13)16(20-15)10-5-7-11(8-6-10)21(24)25/h1-8,15-16,19-20H,9H2,(H,22,23)/t15?,16-/m0/s1. The summed E-state index contributed by atoms with van der Waals surface area (Å²) in [6.07, 6.45) is 0.387. The summed E-state index contributed by atoms with van der Waals surface area (Å²) >= 11 is 0. The van der Waals surface area contributed by atoms with Gasteiger partial charge >= 0.3 is 5.97 Å². The molecule has 2 aromatic carbocycles. The Morgan fingerprint density at radius 1 is 1.16 bits per heavy atom. The average molecular weight is 337 g/mol. The van der Waals surface area contributed by atoms with E-state index in [4.69, 9.17) is 0 Å². The van der Waals surface area contributed by atoms with Crippen molar-refractivity contribution >= 4 is 22.6 Å². The van der Waals surface area contributed by atoms with E-state index in [1.807, 2.05) is 24.3 Å². The molecule has 0 bridgehead atoms. The smallest absolute Gasteiger partial charge is 0.321 e. The van der Waals surface area contributed by atoms with Crippen LogP contribution in [0, 0.1) is 10.1 Å². The third kappa shape index (κ3) is 2.54. The number of aromatic nitrogens is 1. The number of nitro benzene ring substituents is 1. The number of para-hydroxylation sites is 1. The zero-order chi connectivity index (χ0) is 17.6. The number of aromatic amines is 1. The molecule has 0 aliphatic carbocycles. The number of H-pyrrole nitrogens is 1. The number of fused-ring (bicyclic) bond motifs is 3. The number of carbonyl (C=O) groups is 1. The van der Waals surface area contributed by atoms with E-state index in [2.05, 4.69) is 10.3 Å². The van der Waals surface area contributed by atoms with Crippen molar-refractivity contribution in [1.29, 1.82) is 0 Å². The van der Waals surface area contributed by atoms with Gasteiger partial charge < -0.3 is 10.1 Å². The zero-order valence-corrected chi connectivity index (χ0v) is 13.1. The highest BCUT2D eigenvalue weighted by molar-refractivity contribution is 5.87. The maximum Gasteiger partial charge on any atom is 0.321 e. The molecule has 7 heteroatoms. The largest absolute Gasteiger partial charge is 0.480 e. The molecule has 1 unspecified atom stereocenters. The van der Waals surface area contributed by atoms with Crippen molar-refractivity contribution in [3.05, 3.63) is 75.5 Å². The van der Waals surface area contributed by atoms with Crippen molar-refractivity contribution in [2.75, 3.05) is 0 Å². The Bertz CT molecular complexity index is 978. The van der Waals surface area contributed by atoms with E-state index >= 15 is 0 Å². The zero-order valence-electron chi connectivity index (χ0n) is 13.1. The van der Waals surface area contributed by atoms with Crippen LogP contribution in [0.15, 0.2) is 48.5 Å². The van der Waals surface area contributed by atoms with Crippen molar-refractivity contribution < 1.29 is 14.8 Å². The Hall–Kier alpha value is -3.19. The van der Waals surface area contributed by atoms with Crippen LogP contribution in [0.1, 0.15) is 22.9 Å². The van der Waals surface area contributed by atoms with Crippen LogP contribution in [0.25, 0.3) is 10.9 Å². The monoisotopic (exact) mass is 337 g/mol. The van der Waals surface area contributed by atoms with Crippen molar-refractivity contribution in [1.82, 2.24) is 10.3 Å². The van der Waals surface area contributed by atoms with Crippen LogP contribution in [0.2, 0.25) is 0 Å². The van der Waals surface area contributed by atoms with Gasteiger partial charge in [-0.1, -0.05) is 30.3 Å². The lowest BCUT2D eigenvalue weighted by Gasteiger charge is -2.29. The van der Waals surface area contributed by atoms with Crippen molar-refractivity contribution in [3.63, 3.8) is 0 Å². The normalized spacial score (nSPS) is 19.5. The molecule has 1 aliphatic heterocycles. The topological polar surface area (TPSA) is 108 Å². The second kappa shape index (κ2) is 5.71. The highest BCUT2D eigenvalue weighted by atomic mass is 16.6. The third-order valence-corrected chi connectivity index (χ3v) is 4.65. The van der Waals surface area contributed by atoms with E-state index in [0.29, 0.717) is 6.42 Å². The van der Waals surface area contributed by atoms with Crippen LogP contribution in [-0.2, 0) is 11.2 Å². The van der Waals surface area contributed by atoms with E-state index in [1.165, 1.54) is 12.1 Å². The molecule has 0 radical (unpaired) electrons. The van der Waals surface area contributed by atoms with Gasteiger partial charge in [-0.2, -0.15) is 0 Å². The highest BCUT2D eigenvalue weighted by Gasteiger charge is 2.33. The first-order chi connectivity index (χ1) is 12.0. The molecule has 3 N–H and O–H groups in total. The molecule has 0 fully saturated rings. The minimum Gasteiger partial charge on any atom is -0.480 e. The predicted molar refractivity (Wildman–Crippen MR) is 91.5 cm³/mol. The van der Waals surface area contributed by atoms with E-state index in [9.17, 15) is 20.0 Å². The van der Waals surface area contributed by atoms with Gasteiger partial charge in [0.1, 0.15) is 6.04 Å². The lowest BCUT2D eigenvalue weighted by Crippen LogP contribution is -2.44. The van der Waals surface area contributed by atoms with Crippen LogP contribution < -0.4 is 5.32 Å². The number of hydrogen-bond acceptors (Lipinski definition) is 4. The molecule has 7 nitrogen and oxygen atoms in total. The van der Waals surface area contributed by atoms with Crippen molar-refractivity contribution in [3.8, 4) is 0 Å². The first-order valence-electron chi connectivity index (χ1n) is 7.87. The van der Waals surface area contributed by atoms with Gasteiger partial charge in [0.2, 0.25) is 0 Å². The summed E-state index contributed by atoms with van der Waals surface area (Å²) in [4.78, 5) is 25.4. The molecular formula is C18H15N3O4. The van der Waals surface area contributed by atoms with Crippen LogP contribution >= 0.6 is 0 Å². The first-order valence-corrected chi connectivity index (χ1v) is 7.87. The SMILES string of the molecule is O=C(O)C1Cc2c([nH]c3ccccc23)[C@H](c2ccc([N+](=O)[O-])cc2)N1. The number of nitrogens with one attached hydrogen (secondary N) is 2. The molecule has 1 aliphatic rings. The summed E-state index contributed by atoms with van der Waals surface area (Å²) in [5.74, 6) is -0.914. The number of benzene rings is 2. The Balaban J connectivity index is 1.84. The molecule has 25 heavy (non-hydrogen) atoms. The second-order valence-corrected chi connectivity index (χ2v) is 6.11. The molecule has 3 aromatic rings. The van der Waals surface area contributed by atoms with Crippen LogP contribution in [0.4, 0.5) is 5.69 Å². The number of nitro groups is 1. The van der Waals surface area contributed by atoms with Crippen LogP contribution in [-0.4, -0.2) is 27.0 Å². The van der Waals surface area contributed by atoms with E-state index in [1.54, 1.807) is 12.1 Å². The van der Waals surface area contributed by atoms with Crippen LogP contribution in [0.3, 0.4) is 0 Å². The van der Waals surface area contributed by atoms with Gasteiger partial charge in [0, 0.05) is 35.2 Å². The van der Waals surface area contributed by atoms with Gasteiger partial charge in [-0.25, -0.2) is 0 Å². The van der Waals surface area contributed by atoms with Crippen molar-refractivity contribution in [2.24, 2.45) is 0 Å². The quantitative estimate of drug-likeness (QED) is 0.503. The van der Waals surface area contributed by atoms with Gasteiger partial charge in [0.25, 0.3) is 5.69 Å². The van der Waals surface area contributed by atoms with Crippen molar-refractivity contribution in [2.45, 2.75) is 18.5 Å². The second-order valence-electron chi connectivity index (χ2n) is 6.11. The minimum atomic E-state index is -0.914. The minimum absolute atomic E-state index is 0.00575. The Kier molecular flexibility index (Phi) is 3.51. The van der Waals surface area contributed by atoms with Gasteiger partial charge in [0.15, 0.2) is 0 Å². The van der Waals surface area contributed by atoms with E-state index in [0.717, 1.165) is 27.7 Å². The summed E-state index contributed by atoms with van der Waals surface area (Å²) < 4.78 is 0. The lowest BCUT2D eigenvalue weighted by molar-refractivity contribution is -0.384. The number of carboxylic acids is 1. The number of nitrogens with zero attached hydrogens (tertiary/aromatic N) is 1. The molecule has 2 atom stereocenters. The predicted octanol–water partition coefficient (Wildman–Crippen LogP) is 2.76. The van der Waals surface area contributed by atoms with Gasteiger partial charge in [-0.3, -0.25) is 20.2 Å². The summed E-state index contributed by atoms with van der Waals surface area (Å²) in [5.41, 5.74) is 3.63. The van der Waals surface area contributed by atoms with Gasteiger partial charge in [-0.05, 0) is 17.2 Å². The average Bonchev–Trinajstić information content (AvgIpc) is 2.99. The third-order valence-electron chi connectivity index (χ3n) is 4.65. The highest BCUT2D eigenvalue weighted by Crippen LogP contribution is 2.35. The van der Waals surface area contributed by atoms with E-state index < -0.39 is 16.9 Å². The number of aliphatic carboxylic acids is 1. The number of hydrogen-bond donors (Lipinski definition) is 3. The number of rotatable bonds is 3. The fraction of sp³-hybridized carbons (Fsp3) is 0.167. The summed E-state index contributed by atoms with van der Waals surface area (Å²) in [7, 11) is 0. The fourth-order valence-electron chi connectivity index (χ4n) is 3.44. The summed E-state index contributed by atoms with van der Waals surface area (Å²) in [6.45, 7) is 0. The molecule has 2 heterocycles. The van der Waals surface area contributed by atoms with E-state index in [-0.39, 0.29) is 11.7 Å². The van der Waals surface area contributed by atoms with Crippen LogP contribution in [0.5, 0.6) is 0 Å². The molecule has 0 amide bonds. The molecular weight excluding hydrogens is 322 g/mol. The molecule has 4 rings (SSSR count). The number of non-ortho nitro benzene ring substituents is 1. The fourth-order valence-corrected chi connectivity index (χ4v) is 3.44. The number of carboxylic acid groups (broad SMARTS) is 1. The molecule has 0 saturated carbocycles. The maximum absolute atomic E-state index is 11.6. The lowest BCUT2D eigenvalue weighted by atomic mass is 9.90. The molecule has 126 valence electrons.